The van der Waals surface area contributed by atoms with Gasteiger partial charge >= 0.3 is 0 Å². The van der Waals surface area contributed by atoms with Crippen molar-refractivity contribution in [3.63, 3.8) is 0 Å². The number of aliphatic hydroxyl groups excluding tert-OH is 1. The van der Waals surface area contributed by atoms with Crippen LogP contribution >= 0.6 is 8.46 Å². The molecule has 0 atom stereocenters. The Bertz CT molecular complexity index is 7210. The van der Waals surface area contributed by atoms with Gasteiger partial charge in [-0.2, -0.15) is 0 Å². The fourth-order valence-electron chi connectivity index (χ4n) is 16.6. The number of fused-ring (bicyclic) bond motifs is 6. The quantitative estimate of drug-likeness (QED) is 0.0631. The van der Waals surface area contributed by atoms with E-state index >= 15 is 0 Å². The summed E-state index contributed by atoms with van der Waals surface area (Å²) in [6.07, 6.45) is 10.4. The number of hydrogen-bond donors (Lipinski definition) is 1. The number of hydrogen-bond acceptors (Lipinski definition) is 12. The van der Waals surface area contributed by atoms with Crippen molar-refractivity contribution in [2.75, 3.05) is 19.0 Å². The van der Waals surface area contributed by atoms with Gasteiger partial charge in [0.05, 0.1) is 11.5 Å². The summed E-state index contributed by atoms with van der Waals surface area (Å²) in [4.78, 5) is 47.2. The molecule has 8 heterocycles. The number of carbonyl (C=O) groups excluding carboxylic acids is 1. The van der Waals surface area contributed by atoms with E-state index in [2.05, 4.69) is 252 Å². The van der Waals surface area contributed by atoms with E-state index in [4.69, 9.17) is 5.11 Å². The molecule has 724 valence electrons. The Morgan fingerprint density at radius 2 is 0.787 bits per heavy atom. The number of pyridine rings is 8. The topological polar surface area (TPSA) is 161 Å². The van der Waals surface area contributed by atoms with Gasteiger partial charge in [0.15, 0.2) is 5.78 Å². The molecular formula is C120H100F2Ir6N9O3P-8. The molecule has 11 aromatic carbocycles. The molecule has 3 aliphatic carbocycles. The fourth-order valence-corrected chi connectivity index (χ4v) is 16.9. The van der Waals surface area contributed by atoms with Crippen molar-refractivity contribution in [2.45, 2.75) is 99.1 Å². The number of nitrogens with zero attached hydrogens (tertiary/aromatic N) is 9. The van der Waals surface area contributed by atoms with Gasteiger partial charge in [0, 0.05) is 183 Å². The molecule has 19 aromatic rings. The fraction of sp³-hybridized carbons (Fsp3) is 0.142. The second-order valence-corrected chi connectivity index (χ2v) is 34.8. The zero-order valence-corrected chi connectivity index (χ0v) is 95.0. The van der Waals surface area contributed by atoms with Crippen LogP contribution in [0.25, 0.3) is 122 Å². The van der Waals surface area contributed by atoms with Gasteiger partial charge in [-0.05, 0) is 193 Å². The van der Waals surface area contributed by atoms with Gasteiger partial charge < -0.3 is 39.9 Å². The smallest absolute Gasteiger partial charge is 0.211 e. The molecule has 141 heavy (non-hydrogen) atoms. The Kier molecular flexibility index (Phi) is 43.8. The van der Waals surface area contributed by atoms with E-state index in [0.29, 0.717) is 16.7 Å². The second kappa shape index (κ2) is 53.9. The summed E-state index contributed by atoms with van der Waals surface area (Å²) in [6, 6.07) is 128. The van der Waals surface area contributed by atoms with Crippen LogP contribution in [0.15, 0.2) is 358 Å². The first-order valence-corrected chi connectivity index (χ1v) is 45.1. The molecule has 12 nitrogen and oxygen atoms in total. The Labute approximate surface area is 909 Å². The van der Waals surface area contributed by atoms with Crippen molar-refractivity contribution < 1.29 is 144 Å². The Morgan fingerprint density at radius 3 is 1.24 bits per heavy atom. The molecule has 3 aliphatic rings. The van der Waals surface area contributed by atoms with E-state index in [1.54, 1.807) is 36.7 Å². The number of aromatic nitrogens is 8. The summed E-state index contributed by atoms with van der Waals surface area (Å²) in [5, 5.41) is 15.7. The number of halogens is 2. The summed E-state index contributed by atoms with van der Waals surface area (Å²) < 4.78 is 37.4. The Hall–Kier alpha value is -11.7. The maximum absolute atomic E-state index is 14.4. The SMILES string of the molecule is CC(=O)C=C(C)O.CC1(C)c2c([c-]ccc2F)-c2nccc3cccc1c23.CC1(C)c2ccc[c-]c2-c2nccc3cccc1c23.CC1(C)c2ccc[c-]c2-c2nccc3cccc1c23.CN(C)c1cc[c-]c(-c2ccccn2)c1.Cc1cc[c-]c(-c2cc(C)ccn2)c1.Cc1cccc(-c2[c-]cccc2)n1.FCc1cccc(-c2[c-]cccc2)n1.O=Pc1cccc(-c2[c-]cccc2)n1.[Ir].[Ir].[Ir].[Ir].[Ir].[Ir]. The first kappa shape index (κ1) is 115. The molecule has 21 heteroatoms. The molecular weight excluding hydrogens is 2840 g/mol. The van der Waals surface area contributed by atoms with Gasteiger partial charge in [-0.15, -0.1) is 267 Å². The van der Waals surface area contributed by atoms with Crippen LogP contribution in [0.4, 0.5) is 14.5 Å². The molecule has 0 amide bonds. The van der Waals surface area contributed by atoms with Crippen molar-refractivity contribution in [3.8, 4) is 90.1 Å². The first-order chi connectivity index (χ1) is 65.3. The minimum absolute atomic E-state index is 0. The summed E-state index contributed by atoms with van der Waals surface area (Å²) in [5.74, 6) is -0.246. The molecule has 0 saturated carbocycles. The maximum atomic E-state index is 14.4. The Morgan fingerprint density at radius 1 is 0.376 bits per heavy atom. The third-order valence-electron chi connectivity index (χ3n) is 23.2. The summed E-state index contributed by atoms with van der Waals surface area (Å²) >= 11 is 0. The van der Waals surface area contributed by atoms with Crippen molar-refractivity contribution in [2.24, 2.45) is 0 Å². The number of ketones is 1. The number of carbonyl (C=O) groups is 1. The van der Waals surface area contributed by atoms with E-state index in [-0.39, 0.29) is 163 Å². The molecule has 0 fully saturated rings. The molecule has 6 radical (unpaired) electrons. The average Bonchev–Trinajstić information content (AvgIpc) is 0.896. The monoisotopic (exact) mass is 2940 g/mol. The molecule has 22 rings (SSSR count). The third kappa shape index (κ3) is 28.4. The zero-order chi connectivity index (χ0) is 95.2. The maximum Gasteiger partial charge on any atom is 0.211 e. The molecule has 0 unspecified atom stereocenters. The zero-order valence-electron chi connectivity index (χ0n) is 79.7. The van der Waals surface area contributed by atoms with E-state index in [0.717, 1.165) is 118 Å². The standard InChI is InChI=1S/C18H13FN.2C18H14N.C13H13N2.C13H12N.C12H9FN.C12H10N.C11H7NOP.C5H8O2.6Ir/c1-18(2)13-7-3-5-11-9-10-20-17(15(11)13)12-6-4-8-14(19)16(12)18;2*1-18(2)14-8-4-3-7-13(14)17-16-12(10-11-19-17)6-5-9-15(16)18;1-15(2)12-7-5-6-11(10-12)13-8-3-4-9-14-13;1-10-4-3-5-12(8-10)13-9-11(2)6-7-14-13;13-9-11-7-4-8-12(14-11)10-5-2-1-3-6-10;1-10-6-5-9-12(13-10)11-7-3-2-4-8-11;13-14-11-8-4-7-10(12-11)9-5-2-1-3-6-9;1-4(6)3-5(2)7;;;;;;/h3-5,7-10H,1-2H3;2*3-6,8-11H,1-2H3;3-5,7-10H,1-2H3;3-4,6-9H,1-2H3;1-5,7-8H,9H2;2-7,9H,1H3;1-5,7-8H;3,6H,1-2H3;;;;;;/q8*-1;;;;;;;. The summed E-state index contributed by atoms with van der Waals surface area (Å²) in [7, 11) is 4.00. The van der Waals surface area contributed by atoms with Crippen LogP contribution < -0.4 is 10.3 Å². The number of rotatable bonds is 9. The number of benzene rings is 11. The summed E-state index contributed by atoms with van der Waals surface area (Å²) in [6.45, 7) is 21.7. The molecule has 0 spiro atoms. The predicted molar refractivity (Wildman–Crippen MR) is 545 cm³/mol. The third-order valence-corrected chi connectivity index (χ3v) is 23.6. The van der Waals surface area contributed by atoms with Gasteiger partial charge in [0.1, 0.15) is 12.1 Å². The van der Waals surface area contributed by atoms with Crippen LogP contribution in [0.1, 0.15) is 111 Å². The number of anilines is 1. The van der Waals surface area contributed by atoms with E-state index in [1.807, 2.05) is 222 Å². The average molecular weight is 2940 g/mol. The normalized spacial score (nSPS) is 11.8. The number of allylic oxidation sites excluding steroid dienone is 2. The molecule has 0 saturated heterocycles. The van der Waals surface area contributed by atoms with Gasteiger partial charge in [-0.3, -0.25) is 19.3 Å². The molecule has 1 N–H and O–H groups in total. The van der Waals surface area contributed by atoms with Crippen LogP contribution in [-0.2, 0) is 153 Å². The minimum atomic E-state index is -0.527. The van der Waals surface area contributed by atoms with Crippen LogP contribution in [0.2, 0.25) is 0 Å². The Balaban J connectivity index is 0.000000195. The predicted octanol–water partition coefficient (Wildman–Crippen LogP) is 28.3. The second-order valence-electron chi connectivity index (χ2n) is 34.1. The van der Waals surface area contributed by atoms with Gasteiger partial charge in [0.25, 0.3) is 0 Å². The molecule has 0 aliphatic heterocycles. The van der Waals surface area contributed by atoms with Gasteiger partial charge in [-0.25, -0.2) is 8.78 Å². The van der Waals surface area contributed by atoms with Gasteiger partial charge in [0.2, 0.25) is 8.46 Å². The van der Waals surface area contributed by atoms with Crippen molar-refractivity contribution in [1.82, 2.24) is 39.9 Å². The van der Waals surface area contributed by atoms with E-state index in [9.17, 15) is 18.1 Å². The molecule has 8 aromatic heterocycles. The number of aliphatic hydroxyl groups is 1. The van der Waals surface area contributed by atoms with Crippen molar-refractivity contribution >= 4 is 57.7 Å². The number of alkyl halides is 1. The molecule has 0 bridgehead atoms. The van der Waals surface area contributed by atoms with Crippen LogP contribution in [0.3, 0.4) is 0 Å². The van der Waals surface area contributed by atoms with Crippen LogP contribution in [0.5, 0.6) is 0 Å². The minimum Gasteiger partial charge on any atom is -0.512 e. The summed E-state index contributed by atoms with van der Waals surface area (Å²) in [5.41, 5.74) is 28.0. The van der Waals surface area contributed by atoms with Gasteiger partial charge in [-0.1, -0.05) is 169 Å². The van der Waals surface area contributed by atoms with Crippen molar-refractivity contribution in [1.29, 1.82) is 0 Å². The van der Waals surface area contributed by atoms with Crippen molar-refractivity contribution in [3.05, 3.63) is 469 Å². The number of aryl methyl sites for hydroxylation is 3. The van der Waals surface area contributed by atoms with E-state index in [1.165, 1.54) is 80.9 Å². The van der Waals surface area contributed by atoms with Crippen LogP contribution in [0, 0.1) is 75.1 Å². The van der Waals surface area contributed by atoms with Crippen LogP contribution in [-0.4, -0.2) is 64.9 Å². The largest absolute Gasteiger partial charge is 0.512 e. The first-order valence-electron chi connectivity index (χ1n) is 44.3. The van der Waals surface area contributed by atoms with E-state index < -0.39 is 6.67 Å².